The maximum atomic E-state index is 12.3. The third-order valence-corrected chi connectivity index (χ3v) is 9.51. The molecule has 0 amide bonds. The van der Waals surface area contributed by atoms with Crippen molar-refractivity contribution in [1.29, 1.82) is 0 Å². The van der Waals surface area contributed by atoms with Crippen LogP contribution in [0, 0.1) is 0 Å². The lowest BCUT2D eigenvalue weighted by molar-refractivity contribution is -0.146. The van der Waals surface area contributed by atoms with Gasteiger partial charge in [0.1, 0.15) is 12.2 Å². The maximum Gasteiger partial charge on any atom is 0.193 e. The van der Waals surface area contributed by atoms with Crippen LogP contribution in [-0.2, 0) is 25.3 Å². The van der Waals surface area contributed by atoms with E-state index in [0.29, 0.717) is 6.61 Å². The summed E-state index contributed by atoms with van der Waals surface area (Å²) in [7, 11) is -0.472. The highest BCUT2D eigenvalue weighted by atomic mass is 28.4. The van der Waals surface area contributed by atoms with Gasteiger partial charge in [-0.15, -0.1) is 6.58 Å². The van der Waals surface area contributed by atoms with Crippen molar-refractivity contribution < 1.29 is 18.7 Å². The standard InChI is InChI=1S/C21H34O4Si/c1-9-18(25-26(7,8)21(3,4)5)20(23-6)19(16(2)22)24-15-17-13-11-10-12-14-17/h9-14,18-20H,1,15H2,2-8H3/t18-,19-,20+/m0/s1. The first kappa shape index (κ1) is 22.8. The molecular weight excluding hydrogens is 344 g/mol. The summed E-state index contributed by atoms with van der Waals surface area (Å²) < 4.78 is 18.0. The first-order valence-electron chi connectivity index (χ1n) is 9.02. The maximum absolute atomic E-state index is 12.3. The number of methoxy groups -OCH3 is 1. The molecule has 1 aromatic carbocycles. The molecule has 146 valence electrons. The van der Waals surface area contributed by atoms with Gasteiger partial charge in [0.05, 0.1) is 12.7 Å². The van der Waals surface area contributed by atoms with Crippen molar-refractivity contribution in [3.8, 4) is 0 Å². The Morgan fingerprint density at radius 3 is 2.23 bits per heavy atom. The Bertz CT molecular complexity index is 577. The molecule has 0 radical (unpaired) electrons. The van der Waals surface area contributed by atoms with Gasteiger partial charge in [0, 0.05) is 7.11 Å². The molecule has 0 saturated carbocycles. The molecule has 0 saturated heterocycles. The summed E-state index contributed by atoms with van der Waals surface area (Å²) in [6.07, 6.45) is 0.0533. The average molecular weight is 379 g/mol. The summed E-state index contributed by atoms with van der Waals surface area (Å²) in [5.41, 5.74) is 1.01. The molecule has 0 aliphatic heterocycles. The number of Topliss-reactive ketones (excluding diaryl/α,β-unsaturated/α-hetero) is 1. The van der Waals surface area contributed by atoms with Crippen LogP contribution in [0.2, 0.25) is 18.1 Å². The minimum absolute atomic E-state index is 0.0448. The Hall–Kier alpha value is -1.27. The number of carbonyl (C=O) groups is 1. The molecular formula is C21H34O4Si. The molecule has 0 bridgehead atoms. The second-order valence-corrected chi connectivity index (χ2v) is 12.9. The van der Waals surface area contributed by atoms with E-state index in [1.165, 1.54) is 6.92 Å². The van der Waals surface area contributed by atoms with E-state index in [0.717, 1.165) is 5.56 Å². The minimum atomic E-state index is -2.05. The van der Waals surface area contributed by atoms with Crippen LogP contribution in [0.15, 0.2) is 43.0 Å². The van der Waals surface area contributed by atoms with Crippen LogP contribution in [0.4, 0.5) is 0 Å². The smallest absolute Gasteiger partial charge is 0.193 e. The topological polar surface area (TPSA) is 44.8 Å². The van der Waals surface area contributed by atoms with Gasteiger partial charge in [-0.2, -0.15) is 0 Å². The summed E-state index contributed by atoms with van der Waals surface area (Å²) in [5.74, 6) is -0.0848. The fourth-order valence-corrected chi connectivity index (χ4v) is 3.66. The summed E-state index contributed by atoms with van der Waals surface area (Å²) in [6, 6.07) is 9.78. The first-order valence-corrected chi connectivity index (χ1v) is 11.9. The number of benzene rings is 1. The molecule has 0 aromatic heterocycles. The van der Waals surface area contributed by atoms with E-state index >= 15 is 0 Å². The highest BCUT2D eigenvalue weighted by molar-refractivity contribution is 6.74. The molecule has 0 spiro atoms. The molecule has 0 aliphatic carbocycles. The zero-order valence-electron chi connectivity index (χ0n) is 17.2. The first-order chi connectivity index (χ1) is 12.0. The number of carbonyl (C=O) groups excluding carboxylic acids is 1. The molecule has 0 N–H and O–H groups in total. The molecule has 4 nitrogen and oxygen atoms in total. The lowest BCUT2D eigenvalue weighted by Crippen LogP contribution is -2.51. The predicted octanol–water partition coefficient (Wildman–Crippen LogP) is 4.75. The van der Waals surface area contributed by atoms with Crippen LogP contribution in [0.3, 0.4) is 0 Å². The van der Waals surface area contributed by atoms with Crippen LogP contribution in [-0.4, -0.2) is 39.5 Å². The highest BCUT2D eigenvalue weighted by Crippen LogP contribution is 2.38. The van der Waals surface area contributed by atoms with Gasteiger partial charge in [-0.25, -0.2) is 0 Å². The van der Waals surface area contributed by atoms with Crippen molar-refractivity contribution in [3.63, 3.8) is 0 Å². The van der Waals surface area contributed by atoms with Crippen molar-refractivity contribution in [2.24, 2.45) is 0 Å². The van der Waals surface area contributed by atoms with Gasteiger partial charge >= 0.3 is 0 Å². The van der Waals surface area contributed by atoms with E-state index in [1.807, 2.05) is 30.3 Å². The molecule has 0 fully saturated rings. The number of hydrogen-bond donors (Lipinski definition) is 0. The van der Waals surface area contributed by atoms with Crippen LogP contribution in [0.5, 0.6) is 0 Å². The van der Waals surface area contributed by atoms with Crippen LogP contribution >= 0.6 is 0 Å². The quantitative estimate of drug-likeness (QED) is 0.435. The summed E-state index contributed by atoms with van der Waals surface area (Å²) in [4.78, 5) is 12.3. The monoisotopic (exact) mass is 378 g/mol. The van der Waals surface area contributed by atoms with Gasteiger partial charge < -0.3 is 13.9 Å². The van der Waals surface area contributed by atoms with Crippen molar-refractivity contribution >= 4 is 14.1 Å². The Kier molecular flexibility index (Phi) is 8.41. The number of ether oxygens (including phenoxy) is 2. The van der Waals surface area contributed by atoms with Gasteiger partial charge in [-0.3, -0.25) is 4.79 Å². The van der Waals surface area contributed by atoms with E-state index in [-0.39, 0.29) is 10.8 Å². The molecule has 1 aromatic rings. The van der Waals surface area contributed by atoms with Crippen molar-refractivity contribution in [2.45, 2.75) is 70.7 Å². The molecule has 1 rings (SSSR count). The molecule has 0 aliphatic rings. The molecule has 0 heterocycles. The Balaban J connectivity index is 2.97. The van der Waals surface area contributed by atoms with Gasteiger partial charge in [0.15, 0.2) is 14.1 Å². The van der Waals surface area contributed by atoms with Gasteiger partial charge in [0.25, 0.3) is 0 Å². The van der Waals surface area contributed by atoms with Crippen LogP contribution < -0.4 is 0 Å². The fourth-order valence-electron chi connectivity index (χ4n) is 2.40. The Morgan fingerprint density at radius 2 is 1.81 bits per heavy atom. The van der Waals surface area contributed by atoms with E-state index < -0.39 is 26.6 Å². The fraction of sp³-hybridized carbons (Fsp3) is 0.571. The predicted molar refractivity (Wildman–Crippen MR) is 109 cm³/mol. The minimum Gasteiger partial charge on any atom is -0.408 e. The lowest BCUT2D eigenvalue weighted by Gasteiger charge is -2.41. The Morgan fingerprint density at radius 1 is 1.23 bits per heavy atom. The van der Waals surface area contributed by atoms with Crippen molar-refractivity contribution in [3.05, 3.63) is 48.6 Å². The summed E-state index contributed by atoms with van der Waals surface area (Å²) in [5, 5.41) is 0.0448. The summed E-state index contributed by atoms with van der Waals surface area (Å²) in [6.45, 7) is 16.6. The van der Waals surface area contributed by atoms with E-state index in [9.17, 15) is 4.79 Å². The Labute approximate surface area is 159 Å². The second kappa shape index (κ2) is 9.60. The molecule has 0 unspecified atom stereocenters. The SMILES string of the molecule is C=C[C@H](O[Si](C)(C)C(C)(C)C)[C@@H](OC)[C@@H](OCc1ccccc1)C(C)=O. The van der Waals surface area contributed by atoms with Gasteiger partial charge in [-0.1, -0.05) is 57.2 Å². The molecule has 26 heavy (non-hydrogen) atoms. The van der Waals surface area contributed by atoms with Gasteiger partial charge in [-0.05, 0) is 30.6 Å². The van der Waals surface area contributed by atoms with E-state index in [4.69, 9.17) is 13.9 Å². The second-order valence-electron chi connectivity index (χ2n) is 8.11. The number of ketones is 1. The average Bonchev–Trinajstić information content (AvgIpc) is 2.56. The van der Waals surface area contributed by atoms with Crippen LogP contribution in [0.25, 0.3) is 0 Å². The zero-order valence-corrected chi connectivity index (χ0v) is 18.2. The zero-order chi connectivity index (χ0) is 20.0. The largest absolute Gasteiger partial charge is 0.408 e. The molecule has 3 atom stereocenters. The normalized spacial score (nSPS) is 16.0. The highest BCUT2D eigenvalue weighted by Gasteiger charge is 2.42. The number of rotatable bonds is 10. The van der Waals surface area contributed by atoms with Crippen molar-refractivity contribution in [1.82, 2.24) is 0 Å². The van der Waals surface area contributed by atoms with Crippen LogP contribution in [0.1, 0.15) is 33.3 Å². The summed E-state index contributed by atoms with van der Waals surface area (Å²) >= 11 is 0. The molecule has 5 heteroatoms. The van der Waals surface area contributed by atoms with Crippen molar-refractivity contribution in [2.75, 3.05) is 7.11 Å². The van der Waals surface area contributed by atoms with E-state index in [1.54, 1.807) is 13.2 Å². The van der Waals surface area contributed by atoms with E-state index in [2.05, 4.69) is 40.4 Å². The number of hydrogen-bond acceptors (Lipinski definition) is 4. The van der Waals surface area contributed by atoms with Gasteiger partial charge in [0.2, 0.25) is 0 Å². The third kappa shape index (κ3) is 6.16. The lowest BCUT2D eigenvalue weighted by atomic mass is 10.0. The third-order valence-electron chi connectivity index (χ3n) is 5.04.